The van der Waals surface area contributed by atoms with Gasteiger partial charge in [-0.15, -0.1) is 0 Å². The number of nitrogens with one attached hydrogen (secondary N) is 1. The fourth-order valence-corrected chi connectivity index (χ4v) is 1.39. The van der Waals surface area contributed by atoms with Crippen molar-refractivity contribution < 1.29 is 9.59 Å². The van der Waals surface area contributed by atoms with E-state index >= 15 is 0 Å². The zero-order valence-electron chi connectivity index (χ0n) is 7.75. The molecule has 1 unspecified atom stereocenters. The maximum Gasteiger partial charge on any atom is 0.243 e. The first kappa shape index (κ1) is 9.77. The van der Waals surface area contributed by atoms with E-state index in [1.165, 1.54) is 6.08 Å². The highest BCUT2D eigenvalue weighted by molar-refractivity contribution is 5.87. The molecule has 1 saturated heterocycles. The Labute approximate surface area is 77.6 Å². The van der Waals surface area contributed by atoms with Crippen LogP contribution in [0.3, 0.4) is 0 Å². The molecule has 0 aromatic rings. The zero-order chi connectivity index (χ0) is 9.84. The standard InChI is InChI=1S/C9H14N2O2/c1-3-8(12)10-7-4-5-9(13)11(2)6-7/h3,7H,1,4-6H2,2H3,(H,10,12). The molecule has 1 aliphatic rings. The normalized spacial score (nSPS) is 22.7. The summed E-state index contributed by atoms with van der Waals surface area (Å²) in [5.74, 6) is -0.0307. The molecule has 4 nitrogen and oxygen atoms in total. The van der Waals surface area contributed by atoms with Gasteiger partial charge in [0.05, 0.1) is 0 Å². The van der Waals surface area contributed by atoms with Crippen LogP contribution in [0.25, 0.3) is 0 Å². The van der Waals surface area contributed by atoms with Crippen LogP contribution < -0.4 is 5.32 Å². The summed E-state index contributed by atoms with van der Waals surface area (Å²) < 4.78 is 0. The van der Waals surface area contributed by atoms with Gasteiger partial charge >= 0.3 is 0 Å². The Kier molecular flexibility index (Phi) is 3.06. The molecule has 2 amide bonds. The molecule has 0 spiro atoms. The first-order chi connectivity index (χ1) is 6.13. The number of carbonyl (C=O) groups excluding carboxylic acids is 2. The molecule has 0 aliphatic carbocycles. The Bertz CT molecular complexity index is 238. The molecule has 0 saturated carbocycles. The predicted octanol–water partition coefficient (Wildman–Crippen LogP) is -0.0906. The largest absolute Gasteiger partial charge is 0.348 e. The minimum absolute atomic E-state index is 0.0770. The van der Waals surface area contributed by atoms with Gasteiger partial charge in [0.1, 0.15) is 0 Å². The van der Waals surface area contributed by atoms with Crippen molar-refractivity contribution in [1.82, 2.24) is 10.2 Å². The molecule has 1 fully saturated rings. The van der Waals surface area contributed by atoms with Gasteiger partial charge in [0.15, 0.2) is 0 Å². The van der Waals surface area contributed by atoms with Crippen LogP contribution in [0.1, 0.15) is 12.8 Å². The average molecular weight is 182 g/mol. The number of amides is 2. The monoisotopic (exact) mass is 182 g/mol. The maximum absolute atomic E-state index is 11.1. The lowest BCUT2D eigenvalue weighted by Gasteiger charge is -2.29. The number of nitrogens with zero attached hydrogens (tertiary/aromatic N) is 1. The van der Waals surface area contributed by atoms with Gasteiger partial charge in [-0.3, -0.25) is 9.59 Å². The van der Waals surface area contributed by atoms with Crippen LogP contribution in [0.4, 0.5) is 0 Å². The Morgan fingerprint density at radius 1 is 1.77 bits per heavy atom. The molecule has 1 rings (SSSR count). The second-order valence-corrected chi connectivity index (χ2v) is 3.22. The van der Waals surface area contributed by atoms with Crippen molar-refractivity contribution in [2.45, 2.75) is 18.9 Å². The summed E-state index contributed by atoms with van der Waals surface area (Å²) in [5, 5.41) is 2.77. The van der Waals surface area contributed by atoms with Crippen molar-refractivity contribution in [3.05, 3.63) is 12.7 Å². The summed E-state index contributed by atoms with van der Waals surface area (Å²) in [6, 6.07) is 0.0770. The third-order valence-corrected chi connectivity index (χ3v) is 2.16. The van der Waals surface area contributed by atoms with Crippen molar-refractivity contribution in [3.8, 4) is 0 Å². The molecule has 1 heterocycles. The lowest BCUT2D eigenvalue weighted by Crippen LogP contribution is -2.48. The number of hydrogen-bond acceptors (Lipinski definition) is 2. The molecule has 72 valence electrons. The molecule has 0 aromatic heterocycles. The molecular formula is C9H14N2O2. The lowest BCUT2D eigenvalue weighted by atomic mass is 10.1. The van der Waals surface area contributed by atoms with E-state index in [1.54, 1.807) is 11.9 Å². The number of hydrogen-bond donors (Lipinski definition) is 1. The number of likely N-dealkylation sites (N-methyl/N-ethyl adjacent to an activating group) is 1. The minimum atomic E-state index is -0.173. The van der Waals surface area contributed by atoms with E-state index in [4.69, 9.17) is 0 Å². The van der Waals surface area contributed by atoms with Gasteiger partial charge in [-0.2, -0.15) is 0 Å². The van der Waals surface area contributed by atoms with E-state index in [1.807, 2.05) is 0 Å². The fourth-order valence-electron chi connectivity index (χ4n) is 1.39. The van der Waals surface area contributed by atoms with Gasteiger partial charge in [0.2, 0.25) is 11.8 Å². The third kappa shape index (κ3) is 2.57. The highest BCUT2D eigenvalue weighted by Crippen LogP contribution is 2.09. The van der Waals surface area contributed by atoms with E-state index in [0.29, 0.717) is 13.0 Å². The van der Waals surface area contributed by atoms with Crippen LogP contribution >= 0.6 is 0 Å². The molecule has 0 aromatic carbocycles. The fraction of sp³-hybridized carbons (Fsp3) is 0.556. The molecule has 0 radical (unpaired) electrons. The van der Waals surface area contributed by atoms with Crippen molar-refractivity contribution in [2.24, 2.45) is 0 Å². The van der Waals surface area contributed by atoms with E-state index in [-0.39, 0.29) is 17.9 Å². The summed E-state index contributed by atoms with van der Waals surface area (Å²) in [7, 11) is 1.74. The smallest absolute Gasteiger partial charge is 0.243 e. The Morgan fingerprint density at radius 3 is 3.00 bits per heavy atom. The van der Waals surface area contributed by atoms with Gasteiger partial charge < -0.3 is 10.2 Å². The number of carbonyl (C=O) groups is 2. The number of rotatable bonds is 2. The van der Waals surface area contributed by atoms with Gasteiger partial charge in [-0.05, 0) is 12.5 Å². The van der Waals surface area contributed by atoms with Crippen molar-refractivity contribution >= 4 is 11.8 Å². The molecule has 13 heavy (non-hydrogen) atoms. The van der Waals surface area contributed by atoms with Crippen LogP contribution in [0.2, 0.25) is 0 Å². The molecular weight excluding hydrogens is 168 g/mol. The second kappa shape index (κ2) is 4.07. The predicted molar refractivity (Wildman–Crippen MR) is 49.0 cm³/mol. The van der Waals surface area contributed by atoms with Crippen molar-refractivity contribution in [1.29, 1.82) is 0 Å². The van der Waals surface area contributed by atoms with Gasteiger partial charge in [0, 0.05) is 26.1 Å². The van der Waals surface area contributed by atoms with Crippen molar-refractivity contribution in [2.75, 3.05) is 13.6 Å². The van der Waals surface area contributed by atoms with Crippen LogP contribution in [0.5, 0.6) is 0 Å². The highest BCUT2D eigenvalue weighted by Gasteiger charge is 2.23. The van der Waals surface area contributed by atoms with E-state index in [0.717, 1.165) is 6.42 Å². The molecule has 4 heteroatoms. The summed E-state index contributed by atoms with van der Waals surface area (Å²) >= 11 is 0. The zero-order valence-corrected chi connectivity index (χ0v) is 7.75. The first-order valence-electron chi connectivity index (χ1n) is 4.30. The van der Waals surface area contributed by atoms with Gasteiger partial charge in [-0.1, -0.05) is 6.58 Å². The lowest BCUT2D eigenvalue weighted by molar-refractivity contribution is -0.133. The molecule has 0 bridgehead atoms. The Morgan fingerprint density at radius 2 is 2.46 bits per heavy atom. The second-order valence-electron chi connectivity index (χ2n) is 3.22. The van der Waals surface area contributed by atoms with Crippen LogP contribution in [0, 0.1) is 0 Å². The molecule has 1 atom stereocenters. The van der Waals surface area contributed by atoms with E-state index in [9.17, 15) is 9.59 Å². The Hall–Kier alpha value is -1.32. The summed E-state index contributed by atoms with van der Waals surface area (Å²) in [5.41, 5.74) is 0. The van der Waals surface area contributed by atoms with Gasteiger partial charge in [-0.25, -0.2) is 0 Å². The highest BCUT2D eigenvalue weighted by atomic mass is 16.2. The summed E-state index contributed by atoms with van der Waals surface area (Å²) in [6.45, 7) is 3.96. The van der Waals surface area contributed by atoms with Gasteiger partial charge in [0.25, 0.3) is 0 Å². The number of piperidine rings is 1. The summed E-state index contributed by atoms with van der Waals surface area (Å²) in [6.07, 6.45) is 2.48. The SMILES string of the molecule is C=CC(=O)NC1CCC(=O)N(C)C1. The Balaban J connectivity index is 2.41. The average Bonchev–Trinajstić information content (AvgIpc) is 2.11. The van der Waals surface area contributed by atoms with Crippen molar-refractivity contribution in [3.63, 3.8) is 0 Å². The molecule has 1 aliphatic heterocycles. The minimum Gasteiger partial charge on any atom is -0.348 e. The maximum atomic E-state index is 11.1. The van der Waals surface area contributed by atoms with E-state index < -0.39 is 0 Å². The first-order valence-corrected chi connectivity index (χ1v) is 4.30. The quantitative estimate of drug-likeness (QED) is 0.607. The summed E-state index contributed by atoms with van der Waals surface area (Å²) in [4.78, 5) is 23.7. The topological polar surface area (TPSA) is 49.4 Å². The van der Waals surface area contributed by atoms with E-state index in [2.05, 4.69) is 11.9 Å². The van der Waals surface area contributed by atoms with Crippen LogP contribution in [-0.2, 0) is 9.59 Å². The molecule has 1 N–H and O–H groups in total. The van der Waals surface area contributed by atoms with Crippen LogP contribution in [0.15, 0.2) is 12.7 Å². The third-order valence-electron chi connectivity index (χ3n) is 2.16. The van der Waals surface area contributed by atoms with Crippen LogP contribution in [-0.4, -0.2) is 36.3 Å². The number of likely N-dealkylation sites (tertiary alicyclic amines) is 1.